The van der Waals surface area contributed by atoms with Crippen LogP contribution in [0.2, 0.25) is 5.02 Å². The van der Waals surface area contributed by atoms with Crippen molar-refractivity contribution in [2.24, 2.45) is 11.8 Å². The molecule has 1 rings (SSSR count). The third-order valence-electron chi connectivity index (χ3n) is 3.33. The predicted octanol–water partition coefficient (Wildman–Crippen LogP) is 3.53. The summed E-state index contributed by atoms with van der Waals surface area (Å²) in [5.41, 5.74) is 1.01. The average Bonchev–Trinajstić information content (AvgIpc) is 2.35. The van der Waals surface area contributed by atoms with E-state index >= 15 is 0 Å². The van der Waals surface area contributed by atoms with Gasteiger partial charge in [0.15, 0.2) is 0 Å². The number of hydrogen-bond acceptors (Lipinski definition) is 2. The Morgan fingerprint density at radius 3 is 2.68 bits per heavy atom. The summed E-state index contributed by atoms with van der Waals surface area (Å²) in [5, 5.41) is 3.89. The third-order valence-corrected chi connectivity index (χ3v) is 3.68. The van der Waals surface area contributed by atoms with E-state index < -0.39 is 0 Å². The molecule has 0 heterocycles. The average molecular weight is 288 g/mol. The fourth-order valence-electron chi connectivity index (χ4n) is 1.97. The summed E-state index contributed by atoms with van der Waals surface area (Å²) >= 11 is 6.08. The molecule has 0 amide bonds. The van der Waals surface area contributed by atoms with Crippen LogP contribution in [0.25, 0.3) is 0 Å². The standard InChI is InChI=1S/C15H23ClFNO/c1-11(2)13(10-18-6-7-19-3)8-12-4-5-14(17)9-15(12)16/h4-5,9,11,13,18H,6-8,10H2,1-3H3. The fraction of sp³-hybridized carbons (Fsp3) is 0.600. The van der Waals surface area contributed by atoms with Crippen molar-refractivity contribution >= 4 is 11.6 Å². The summed E-state index contributed by atoms with van der Waals surface area (Å²) in [5.74, 6) is 0.726. The van der Waals surface area contributed by atoms with Gasteiger partial charge in [-0.05, 0) is 42.5 Å². The lowest BCUT2D eigenvalue weighted by molar-refractivity contribution is 0.196. The molecule has 0 aliphatic carbocycles. The van der Waals surface area contributed by atoms with Crippen LogP contribution in [0, 0.1) is 17.7 Å². The Hall–Kier alpha value is -0.640. The van der Waals surface area contributed by atoms with Gasteiger partial charge in [0, 0.05) is 18.7 Å². The molecule has 108 valence electrons. The molecule has 0 spiro atoms. The number of methoxy groups -OCH3 is 1. The first-order chi connectivity index (χ1) is 9.04. The van der Waals surface area contributed by atoms with Gasteiger partial charge in [0.2, 0.25) is 0 Å². The topological polar surface area (TPSA) is 21.3 Å². The van der Waals surface area contributed by atoms with Crippen LogP contribution in [0.4, 0.5) is 4.39 Å². The van der Waals surface area contributed by atoms with Gasteiger partial charge in [-0.1, -0.05) is 31.5 Å². The molecule has 0 bridgehead atoms. The van der Waals surface area contributed by atoms with Gasteiger partial charge >= 0.3 is 0 Å². The predicted molar refractivity (Wildman–Crippen MR) is 78.2 cm³/mol. The molecule has 0 saturated heterocycles. The van der Waals surface area contributed by atoms with Crippen LogP contribution >= 0.6 is 11.6 Å². The lowest BCUT2D eigenvalue weighted by atomic mass is 9.89. The van der Waals surface area contributed by atoms with Gasteiger partial charge in [-0.15, -0.1) is 0 Å². The van der Waals surface area contributed by atoms with Gasteiger partial charge < -0.3 is 10.1 Å². The highest BCUT2D eigenvalue weighted by Crippen LogP contribution is 2.23. The summed E-state index contributed by atoms with van der Waals surface area (Å²) in [7, 11) is 1.69. The zero-order chi connectivity index (χ0) is 14.3. The molecule has 1 aromatic rings. The van der Waals surface area contributed by atoms with E-state index in [0.29, 0.717) is 23.5 Å². The van der Waals surface area contributed by atoms with Crippen molar-refractivity contribution in [1.29, 1.82) is 0 Å². The highest BCUT2D eigenvalue weighted by Gasteiger charge is 2.15. The van der Waals surface area contributed by atoms with Gasteiger partial charge in [-0.3, -0.25) is 0 Å². The fourth-order valence-corrected chi connectivity index (χ4v) is 2.22. The summed E-state index contributed by atoms with van der Waals surface area (Å²) in [6, 6.07) is 4.63. The Morgan fingerprint density at radius 1 is 1.37 bits per heavy atom. The zero-order valence-electron chi connectivity index (χ0n) is 11.9. The molecule has 0 fully saturated rings. The molecule has 19 heavy (non-hydrogen) atoms. The van der Waals surface area contributed by atoms with Crippen LogP contribution in [0.3, 0.4) is 0 Å². The van der Waals surface area contributed by atoms with Crippen LogP contribution in [0.5, 0.6) is 0 Å². The Morgan fingerprint density at radius 2 is 2.11 bits per heavy atom. The van der Waals surface area contributed by atoms with E-state index in [1.807, 2.05) is 0 Å². The molecule has 0 saturated carbocycles. The Balaban J connectivity index is 2.57. The summed E-state index contributed by atoms with van der Waals surface area (Å²) in [4.78, 5) is 0. The quantitative estimate of drug-likeness (QED) is 0.739. The van der Waals surface area contributed by atoms with Crippen molar-refractivity contribution in [2.75, 3.05) is 26.8 Å². The number of ether oxygens (including phenoxy) is 1. The maximum Gasteiger partial charge on any atom is 0.124 e. The lowest BCUT2D eigenvalue weighted by Crippen LogP contribution is -2.30. The minimum absolute atomic E-state index is 0.284. The van der Waals surface area contributed by atoms with Crippen molar-refractivity contribution in [3.05, 3.63) is 34.6 Å². The molecule has 1 N–H and O–H groups in total. The van der Waals surface area contributed by atoms with E-state index in [1.165, 1.54) is 12.1 Å². The summed E-state index contributed by atoms with van der Waals surface area (Å²) in [6.45, 7) is 6.86. The lowest BCUT2D eigenvalue weighted by Gasteiger charge is -2.22. The van der Waals surface area contributed by atoms with Crippen LogP contribution in [-0.4, -0.2) is 26.8 Å². The minimum Gasteiger partial charge on any atom is -0.383 e. The molecule has 1 unspecified atom stereocenters. The summed E-state index contributed by atoms with van der Waals surface area (Å²) in [6.07, 6.45) is 0.858. The molecular weight excluding hydrogens is 265 g/mol. The third kappa shape index (κ3) is 5.89. The first kappa shape index (κ1) is 16.4. The minimum atomic E-state index is -0.284. The van der Waals surface area contributed by atoms with Crippen molar-refractivity contribution in [2.45, 2.75) is 20.3 Å². The van der Waals surface area contributed by atoms with Crippen molar-refractivity contribution < 1.29 is 9.13 Å². The van der Waals surface area contributed by atoms with Gasteiger partial charge in [-0.25, -0.2) is 4.39 Å². The van der Waals surface area contributed by atoms with Gasteiger partial charge in [-0.2, -0.15) is 0 Å². The maximum atomic E-state index is 13.0. The molecule has 0 aliphatic heterocycles. The van der Waals surface area contributed by atoms with Crippen LogP contribution in [0.1, 0.15) is 19.4 Å². The van der Waals surface area contributed by atoms with E-state index in [4.69, 9.17) is 16.3 Å². The van der Waals surface area contributed by atoms with Gasteiger partial charge in [0.05, 0.1) is 6.61 Å². The van der Waals surface area contributed by atoms with Crippen LogP contribution in [-0.2, 0) is 11.2 Å². The maximum absolute atomic E-state index is 13.0. The van der Waals surface area contributed by atoms with E-state index in [2.05, 4.69) is 19.2 Å². The second-order valence-electron chi connectivity index (χ2n) is 5.14. The molecule has 0 aliphatic rings. The number of hydrogen-bond donors (Lipinski definition) is 1. The summed E-state index contributed by atoms with van der Waals surface area (Å²) < 4.78 is 18.0. The molecule has 0 radical (unpaired) electrons. The van der Waals surface area contributed by atoms with Crippen molar-refractivity contribution in [1.82, 2.24) is 5.32 Å². The second kappa shape index (κ2) is 8.51. The van der Waals surface area contributed by atoms with Crippen molar-refractivity contribution in [3.8, 4) is 0 Å². The smallest absolute Gasteiger partial charge is 0.124 e. The van der Waals surface area contributed by atoms with E-state index in [9.17, 15) is 4.39 Å². The first-order valence-electron chi connectivity index (χ1n) is 6.68. The van der Waals surface area contributed by atoms with E-state index in [-0.39, 0.29) is 5.82 Å². The highest BCUT2D eigenvalue weighted by atomic mass is 35.5. The van der Waals surface area contributed by atoms with Crippen LogP contribution < -0.4 is 5.32 Å². The largest absolute Gasteiger partial charge is 0.383 e. The van der Waals surface area contributed by atoms with Gasteiger partial charge in [0.25, 0.3) is 0 Å². The molecule has 2 nitrogen and oxygen atoms in total. The SMILES string of the molecule is COCCNCC(Cc1ccc(F)cc1Cl)C(C)C. The van der Waals surface area contributed by atoms with Crippen LogP contribution in [0.15, 0.2) is 18.2 Å². The van der Waals surface area contributed by atoms with E-state index in [0.717, 1.165) is 25.1 Å². The molecular formula is C15H23ClFNO. The first-order valence-corrected chi connectivity index (χ1v) is 7.06. The molecule has 1 aromatic carbocycles. The molecule has 1 atom stereocenters. The number of benzene rings is 1. The second-order valence-corrected chi connectivity index (χ2v) is 5.55. The Bertz CT molecular complexity index is 384. The van der Waals surface area contributed by atoms with Gasteiger partial charge in [0.1, 0.15) is 5.82 Å². The van der Waals surface area contributed by atoms with Crippen molar-refractivity contribution in [3.63, 3.8) is 0 Å². The highest BCUT2D eigenvalue weighted by molar-refractivity contribution is 6.31. The number of halogens is 2. The molecule has 0 aromatic heterocycles. The Kier molecular flexibility index (Phi) is 7.36. The Labute approximate surface area is 120 Å². The zero-order valence-corrected chi connectivity index (χ0v) is 12.6. The van der Waals surface area contributed by atoms with E-state index in [1.54, 1.807) is 13.2 Å². The molecule has 4 heteroatoms. The number of nitrogens with one attached hydrogen (secondary N) is 1. The number of rotatable bonds is 8. The normalized spacial score (nSPS) is 12.9. The monoisotopic (exact) mass is 287 g/mol.